The Morgan fingerprint density at radius 2 is 1.82 bits per heavy atom. The van der Waals surface area contributed by atoms with Crippen molar-refractivity contribution in [3.63, 3.8) is 0 Å². The predicted octanol–water partition coefficient (Wildman–Crippen LogP) is 1.25. The van der Waals surface area contributed by atoms with Crippen molar-refractivity contribution in [3.05, 3.63) is 41.6 Å². The van der Waals surface area contributed by atoms with Crippen molar-refractivity contribution in [2.75, 3.05) is 14.1 Å². The molecule has 0 spiro atoms. The molecule has 0 heterocycles. The summed E-state index contributed by atoms with van der Waals surface area (Å²) in [4.78, 5) is 24.3. The van der Waals surface area contributed by atoms with Crippen LogP contribution >= 0.6 is 0 Å². The molecular formula is C13H16N2O2. The van der Waals surface area contributed by atoms with Gasteiger partial charge < -0.3 is 10.2 Å². The normalized spacial score (nSPS) is 10.9. The second-order valence-corrected chi connectivity index (χ2v) is 3.60. The summed E-state index contributed by atoms with van der Waals surface area (Å²) < 4.78 is 0. The standard InChI is InChI=1S/C13H16N2O2/c1-10(16)15(3)12(13(17)14-2)9-11-7-5-4-6-8-11/h4-9H,1-3H3,(H,14,17)/b12-9+. The molecule has 2 amide bonds. The van der Waals surface area contributed by atoms with Gasteiger partial charge in [0.2, 0.25) is 5.91 Å². The van der Waals surface area contributed by atoms with Gasteiger partial charge in [-0.2, -0.15) is 0 Å². The summed E-state index contributed by atoms with van der Waals surface area (Å²) in [7, 11) is 3.11. The van der Waals surface area contributed by atoms with Gasteiger partial charge in [-0.1, -0.05) is 30.3 Å². The number of benzene rings is 1. The molecule has 1 aromatic rings. The molecule has 0 aliphatic carbocycles. The van der Waals surface area contributed by atoms with Gasteiger partial charge in [-0.25, -0.2) is 0 Å². The number of likely N-dealkylation sites (N-methyl/N-ethyl adjacent to an activating group) is 2. The first-order chi connectivity index (χ1) is 8.06. The number of amides is 2. The highest BCUT2D eigenvalue weighted by Crippen LogP contribution is 2.10. The SMILES string of the molecule is CNC(=O)/C(=C\c1ccccc1)N(C)C(C)=O. The van der Waals surface area contributed by atoms with Crippen LogP contribution < -0.4 is 5.32 Å². The van der Waals surface area contributed by atoms with Crippen molar-refractivity contribution in [1.29, 1.82) is 0 Å². The molecule has 1 rings (SSSR count). The van der Waals surface area contributed by atoms with E-state index in [1.165, 1.54) is 18.9 Å². The summed E-state index contributed by atoms with van der Waals surface area (Å²) in [6, 6.07) is 9.39. The van der Waals surface area contributed by atoms with E-state index in [2.05, 4.69) is 5.32 Å². The lowest BCUT2D eigenvalue weighted by atomic mass is 10.2. The summed E-state index contributed by atoms with van der Waals surface area (Å²) in [5, 5.41) is 2.52. The van der Waals surface area contributed by atoms with Gasteiger partial charge >= 0.3 is 0 Å². The Kier molecular flexibility index (Phi) is 4.46. The molecule has 0 bridgehead atoms. The second-order valence-electron chi connectivity index (χ2n) is 3.60. The highest BCUT2D eigenvalue weighted by atomic mass is 16.2. The Morgan fingerprint density at radius 3 is 2.29 bits per heavy atom. The quantitative estimate of drug-likeness (QED) is 0.797. The van der Waals surface area contributed by atoms with Crippen LogP contribution in [0.3, 0.4) is 0 Å². The monoisotopic (exact) mass is 232 g/mol. The fourth-order valence-electron chi connectivity index (χ4n) is 1.32. The zero-order chi connectivity index (χ0) is 12.8. The van der Waals surface area contributed by atoms with Crippen molar-refractivity contribution < 1.29 is 9.59 Å². The first-order valence-corrected chi connectivity index (χ1v) is 5.29. The molecule has 0 saturated heterocycles. The number of nitrogens with one attached hydrogen (secondary N) is 1. The number of carbonyl (C=O) groups excluding carboxylic acids is 2. The molecule has 90 valence electrons. The van der Waals surface area contributed by atoms with Crippen LogP contribution in [0.5, 0.6) is 0 Å². The van der Waals surface area contributed by atoms with E-state index in [4.69, 9.17) is 0 Å². The minimum Gasteiger partial charge on any atom is -0.354 e. The number of hydrogen-bond donors (Lipinski definition) is 1. The summed E-state index contributed by atoms with van der Waals surface area (Å²) in [5.74, 6) is -0.470. The number of rotatable bonds is 3. The maximum absolute atomic E-state index is 11.7. The fourth-order valence-corrected chi connectivity index (χ4v) is 1.32. The third-order valence-corrected chi connectivity index (χ3v) is 2.40. The van der Waals surface area contributed by atoms with Crippen molar-refractivity contribution in [3.8, 4) is 0 Å². The van der Waals surface area contributed by atoms with Crippen LogP contribution in [-0.4, -0.2) is 30.8 Å². The molecule has 0 radical (unpaired) electrons. The number of nitrogens with zero attached hydrogens (tertiary/aromatic N) is 1. The summed E-state index contributed by atoms with van der Waals surface area (Å²) in [6.07, 6.45) is 1.68. The number of carbonyl (C=O) groups is 2. The van der Waals surface area contributed by atoms with Crippen LogP contribution in [0.15, 0.2) is 36.0 Å². The smallest absolute Gasteiger partial charge is 0.267 e. The molecule has 1 aromatic carbocycles. The van der Waals surface area contributed by atoms with Gasteiger partial charge in [0.1, 0.15) is 5.70 Å². The average molecular weight is 232 g/mol. The highest BCUT2D eigenvalue weighted by Gasteiger charge is 2.15. The third kappa shape index (κ3) is 3.45. The van der Waals surface area contributed by atoms with E-state index < -0.39 is 0 Å². The zero-order valence-electron chi connectivity index (χ0n) is 10.2. The van der Waals surface area contributed by atoms with E-state index in [1.807, 2.05) is 30.3 Å². The molecule has 0 aliphatic rings. The van der Waals surface area contributed by atoms with E-state index in [0.717, 1.165) is 5.56 Å². The minimum absolute atomic E-state index is 0.184. The molecule has 0 fully saturated rings. The average Bonchev–Trinajstić information content (AvgIpc) is 2.35. The molecule has 4 heteroatoms. The summed E-state index contributed by atoms with van der Waals surface area (Å²) >= 11 is 0. The van der Waals surface area contributed by atoms with Crippen LogP contribution in [0.1, 0.15) is 12.5 Å². The van der Waals surface area contributed by atoms with Crippen molar-refractivity contribution in [2.24, 2.45) is 0 Å². The topological polar surface area (TPSA) is 49.4 Å². The molecule has 4 nitrogen and oxygen atoms in total. The van der Waals surface area contributed by atoms with Gasteiger partial charge in [0.05, 0.1) is 0 Å². The largest absolute Gasteiger partial charge is 0.354 e. The van der Waals surface area contributed by atoms with Gasteiger partial charge in [0, 0.05) is 21.0 Å². The maximum atomic E-state index is 11.7. The van der Waals surface area contributed by atoms with Crippen molar-refractivity contribution >= 4 is 17.9 Å². The van der Waals surface area contributed by atoms with Gasteiger partial charge in [0.15, 0.2) is 0 Å². The summed E-state index contributed by atoms with van der Waals surface area (Å²) in [5.41, 5.74) is 1.20. The van der Waals surface area contributed by atoms with Crippen LogP contribution in [0.4, 0.5) is 0 Å². The Balaban J connectivity index is 3.11. The van der Waals surface area contributed by atoms with Crippen LogP contribution in [0.25, 0.3) is 6.08 Å². The first kappa shape index (κ1) is 13.0. The summed E-state index contributed by atoms with van der Waals surface area (Å²) in [6.45, 7) is 1.42. The van der Waals surface area contributed by atoms with E-state index in [9.17, 15) is 9.59 Å². The molecule has 0 atom stereocenters. The molecule has 1 N–H and O–H groups in total. The molecule has 0 saturated carbocycles. The van der Waals surface area contributed by atoms with Crippen LogP contribution in [0.2, 0.25) is 0 Å². The first-order valence-electron chi connectivity index (χ1n) is 5.29. The Bertz CT molecular complexity index is 438. The van der Waals surface area contributed by atoms with Gasteiger partial charge in [0.25, 0.3) is 5.91 Å². The van der Waals surface area contributed by atoms with Crippen molar-refractivity contribution in [1.82, 2.24) is 10.2 Å². The minimum atomic E-state index is -0.286. The Labute approximate surface area is 101 Å². The molecule has 0 unspecified atom stereocenters. The predicted molar refractivity (Wildman–Crippen MR) is 66.9 cm³/mol. The Morgan fingerprint density at radius 1 is 1.24 bits per heavy atom. The maximum Gasteiger partial charge on any atom is 0.267 e. The molecular weight excluding hydrogens is 216 g/mol. The lowest BCUT2D eigenvalue weighted by Crippen LogP contribution is -2.33. The fraction of sp³-hybridized carbons (Fsp3) is 0.231. The van der Waals surface area contributed by atoms with Crippen LogP contribution in [0, 0.1) is 0 Å². The molecule has 17 heavy (non-hydrogen) atoms. The van der Waals surface area contributed by atoms with E-state index in [-0.39, 0.29) is 11.8 Å². The van der Waals surface area contributed by atoms with E-state index in [0.29, 0.717) is 5.70 Å². The van der Waals surface area contributed by atoms with Gasteiger partial charge in [-0.3, -0.25) is 9.59 Å². The zero-order valence-corrected chi connectivity index (χ0v) is 10.2. The van der Waals surface area contributed by atoms with E-state index >= 15 is 0 Å². The van der Waals surface area contributed by atoms with Crippen LogP contribution in [-0.2, 0) is 9.59 Å². The lowest BCUT2D eigenvalue weighted by molar-refractivity contribution is -0.129. The highest BCUT2D eigenvalue weighted by molar-refractivity contribution is 6.00. The van der Waals surface area contributed by atoms with Crippen molar-refractivity contribution in [2.45, 2.75) is 6.92 Å². The number of hydrogen-bond acceptors (Lipinski definition) is 2. The molecule has 0 aliphatic heterocycles. The lowest BCUT2D eigenvalue weighted by Gasteiger charge is -2.17. The second kappa shape index (κ2) is 5.84. The molecule has 0 aromatic heterocycles. The Hall–Kier alpha value is -2.10. The van der Waals surface area contributed by atoms with Gasteiger partial charge in [-0.05, 0) is 11.6 Å². The van der Waals surface area contributed by atoms with E-state index in [1.54, 1.807) is 13.1 Å². The van der Waals surface area contributed by atoms with Gasteiger partial charge in [-0.15, -0.1) is 0 Å². The third-order valence-electron chi connectivity index (χ3n) is 2.40.